The fraction of sp³-hybridized carbons (Fsp3) is 0.429. The zero-order valence-electron chi connectivity index (χ0n) is 12.4. The number of benzene rings is 1. The highest BCUT2D eigenvalue weighted by atomic mass is 19.1. The number of methoxy groups -OCH3 is 3. The van der Waals surface area contributed by atoms with E-state index in [4.69, 9.17) is 9.47 Å². The summed E-state index contributed by atoms with van der Waals surface area (Å²) in [4.78, 5) is 23.8. The second-order valence-corrected chi connectivity index (χ2v) is 4.36. The van der Waals surface area contributed by atoms with Gasteiger partial charge in [0, 0.05) is 6.07 Å². The predicted molar refractivity (Wildman–Crippen MR) is 73.7 cm³/mol. The Morgan fingerprint density at radius 2 is 1.77 bits per heavy atom. The van der Waals surface area contributed by atoms with Crippen LogP contribution >= 0.6 is 0 Å². The maximum Gasteiger partial charge on any atom is 0.337 e. The van der Waals surface area contributed by atoms with E-state index in [-0.39, 0.29) is 11.3 Å². The van der Waals surface area contributed by atoms with E-state index < -0.39 is 30.8 Å². The van der Waals surface area contributed by atoms with Crippen LogP contribution in [0.4, 0.5) is 8.78 Å². The molecular formula is C14H17F2NO5. The van der Waals surface area contributed by atoms with Crippen LogP contribution < -0.4 is 14.8 Å². The molecule has 1 rings (SSSR count). The molecule has 0 spiro atoms. The molecule has 0 aliphatic rings. The molecule has 1 N–H and O–H groups in total. The van der Waals surface area contributed by atoms with Crippen LogP contribution in [0.3, 0.4) is 0 Å². The number of carbonyl (C=O) groups excluding carboxylic acids is 2. The molecule has 0 aromatic heterocycles. The highest BCUT2D eigenvalue weighted by molar-refractivity contribution is 6.00. The molecule has 1 aromatic carbocycles. The normalized spacial score (nSPS) is 10.8. The minimum atomic E-state index is -2.38. The summed E-state index contributed by atoms with van der Waals surface area (Å²) >= 11 is 0. The molecule has 6 nitrogen and oxygen atoms in total. The van der Waals surface area contributed by atoms with Crippen LogP contribution in [0.25, 0.3) is 0 Å². The molecule has 0 aliphatic carbocycles. The van der Waals surface area contributed by atoms with Gasteiger partial charge in [0.1, 0.15) is 24.8 Å². The largest absolute Gasteiger partial charge is 0.497 e. The van der Waals surface area contributed by atoms with Gasteiger partial charge < -0.3 is 19.5 Å². The van der Waals surface area contributed by atoms with E-state index >= 15 is 0 Å². The van der Waals surface area contributed by atoms with Gasteiger partial charge in [0.2, 0.25) is 0 Å². The molecule has 8 heteroatoms. The first-order chi connectivity index (χ1) is 10.5. The maximum atomic E-state index is 13.1. The van der Waals surface area contributed by atoms with Crippen LogP contribution in [0.1, 0.15) is 10.4 Å². The van der Waals surface area contributed by atoms with Crippen molar-refractivity contribution in [2.45, 2.75) is 5.54 Å². The van der Waals surface area contributed by atoms with Crippen LogP contribution in [0, 0.1) is 0 Å². The number of esters is 1. The number of halogens is 2. The average molecular weight is 317 g/mol. The van der Waals surface area contributed by atoms with Crippen LogP contribution in [0.15, 0.2) is 18.2 Å². The summed E-state index contributed by atoms with van der Waals surface area (Å²) < 4.78 is 40.6. The summed E-state index contributed by atoms with van der Waals surface area (Å²) in [6, 6.07) is 4.26. The van der Waals surface area contributed by atoms with Gasteiger partial charge in [0.15, 0.2) is 5.54 Å². The van der Waals surface area contributed by atoms with Crippen molar-refractivity contribution in [1.82, 2.24) is 5.32 Å². The molecule has 22 heavy (non-hydrogen) atoms. The fourth-order valence-corrected chi connectivity index (χ4v) is 1.73. The molecule has 122 valence electrons. The Morgan fingerprint density at radius 3 is 2.23 bits per heavy atom. The topological polar surface area (TPSA) is 73.9 Å². The maximum absolute atomic E-state index is 13.1. The summed E-state index contributed by atoms with van der Waals surface area (Å²) in [5, 5.41) is 2.02. The van der Waals surface area contributed by atoms with Crippen molar-refractivity contribution >= 4 is 11.9 Å². The Balaban J connectivity index is 3.12. The number of hydrogen-bond donors (Lipinski definition) is 1. The zero-order valence-corrected chi connectivity index (χ0v) is 12.4. The number of rotatable bonds is 7. The van der Waals surface area contributed by atoms with Gasteiger partial charge in [-0.15, -0.1) is 0 Å². The number of carbonyl (C=O) groups is 2. The first-order valence-corrected chi connectivity index (χ1v) is 6.23. The van der Waals surface area contributed by atoms with E-state index in [1.807, 2.05) is 5.32 Å². The molecule has 0 saturated carbocycles. The summed E-state index contributed by atoms with van der Waals surface area (Å²) in [7, 11) is 3.73. The highest BCUT2D eigenvalue weighted by Gasteiger charge is 2.42. The van der Waals surface area contributed by atoms with Crippen LogP contribution in [0.5, 0.6) is 11.5 Å². The van der Waals surface area contributed by atoms with Crippen LogP contribution in [0.2, 0.25) is 0 Å². The third-order valence-corrected chi connectivity index (χ3v) is 3.04. The lowest BCUT2D eigenvalue weighted by Crippen LogP contribution is -2.58. The van der Waals surface area contributed by atoms with E-state index in [0.29, 0.717) is 5.75 Å². The second-order valence-electron chi connectivity index (χ2n) is 4.36. The first kappa shape index (κ1) is 17.7. The van der Waals surface area contributed by atoms with Crippen molar-refractivity contribution in [3.63, 3.8) is 0 Å². The van der Waals surface area contributed by atoms with Crippen molar-refractivity contribution in [3.05, 3.63) is 23.8 Å². The third-order valence-electron chi connectivity index (χ3n) is 3.04. The second kappa shape index (κ2) is 7.58. The van der Waals surface area contributed by atoms with E-state index in [9.17, 15) is 18.4 Å². The predicted octanol–water partition coefficient (Wildman–Crippen LogP) is 1.28. The summed E-state index contributed by atoms with van der Waals surface area (Å²) in [6.45, 7) is -2.89. The molecule has 0 radical (unpaired) electrons. The summed E-state index contributed by atoms with van der Waals surface area (Å²) in [5.74, 6) is -1.52. The van der Waals surface area contributed by atoms with Crippen LogP contribution in [-0.4, -0.2) is 52.1 Å². The Bertz CT molecular complexity index is 546. The van der Waals surface area contributed by atoms with E-state index in [1.54, 1.807) is 0 Å². The Kier molecular flexibility index (Phi) is 6.09. The number of alkyl halides is 2. The lowest BCUT2D eigenvalue weighted by molar-refractivity contribution is -0.149. The van der Waals surface area contributed by atoms with Gasteiger partial charge in [0.25, 0.3) is 5.91 Å². The highest BCUT2D eigenvalue weighted by Crippen LogP contribution is 2.25. The number of hydrogen-bond acceptors (Lipinski definition) is 5. The van der Waals surface area contributed by atoms with Gasteiger partial charge in [-0.3, -0.25) is 4.79 Å². The fourth-order valence-electron chi connectivity index (χ4n) is 1.73. The zero-order chi connectivity index (χ0) is 16.8. The van der Waals surface area contributed by atoms with E-state index in [2.05, 4.69) is 4.74 Å². The molecule has 0 aliphatic heterocycles. The molecule has 1 aromatic rings. The smallest absolute Gasteiger partial charge is 0.337 e. The van der Waals surface area contributed by atoms with Crippen molar-refractivity contribution < 1.29 is 32.6 Å². The minimum Gasteiger partial charge on any atom is -0.497 e. The lowest BCUT2D eigenvalue weighted by Gasteiger charge is -2.26. The molecule has 0 unspecified atom stereocenters. The summed E-state index contributed by atoms with van der Waals surface area (Å²) in [5.41, 5.74) is -2.38. The van der Waals surface area contributed by atoms with Crippen molar-refractivity contribution in [2.24, 2.45) is 0 Å². The van der Waals surface area contributed by atoms with Crippen molar-refractivity contribution in [1.29, 1.82) is 0 Å². The minimum absolute atomic E-state index is 0.00141. The number of amides is 1. The first-order valence-electron chi connectivity index (χ1n) is 6.23. The van der Waals surface area contributed by atoms with Gasteiger partial charge >= 0.3 is 5.97 Å². The molecule has 1 amide bonds. The Labute approximate surface area is 126 Å². The van der Waals surface area contributed by atoms with Gasteiger partial charge in [-0.1, -0.05) is 0 Å². The molecule has 0 atom stereocenters. The van der Waals surface area contributed by atoms with Gasteiger partial charge in [0.05, 0.1) is 26.9 Å². The monoisotopic (exact) mass is 317 g/mol. The van der Waals surface area contributed by atoms with Crippen molar-refractivity contribution in [2.75, 3.05) is 34.7 Å². The van der Waals surface area contributed by atoms with E-state index in [1.165, 1.54) is 32.4 Å². The molecular weight excluding hydrogens is 300 g/mol. The van der Waals surface area contributed by atoms with Crippen LogP contribution in [-0.2, 0) is 9.53 Å². The molecule has 0 fully saturated rings. The quantitative estimate of drug-likeness (QED) is 0.767. The number of nitrogens with one attached hydrogen (secondary N) is 1. The van der Waals surface area contributed by atoms with Crippen molar-refractivity contribution in [3.8, 4) is 11.5 Å². The molecule has 0 saturated heterocycles. The SMILES string of the molecule is COC(=O)C(CF)(CF)NC(=O)c1ccc(OC)cc1OC. The summed E-state index contributed by atoms with van der Waals surface area (Å²) in [6.07, 6.45) is 0. The van der Waals surface area contributed by atoms with Gasteiger partial charge in [-0.2, -0.15) is 0 Å². The van der Waals surface area contributed by atoms with Gasteiger partial charge in [-0.05, 0) is 12.1 Å². The Morgan fingerprint density at radius 1 is 1.14 bits per heavy atom. The lowest BCUT2D eigenvalue weighted by atomic mass is 10.0. The third kappa shape index (κ3) is 3.44. The standard InChI is InChI=1S/C14H17F2NO5/c1-20-9-4-5-10(11(6-9)21-2)12(18)17-14(7-15,8-16)13(19)22-3/h4-6H,7-8H2,1-3H3,(H,17,18). The molecule has 0 heterocycles. The van der Waals surface area contributed by atoms with E-state index in [0.717, 1.165) is 7.11 Å². The molecule has 0 bridgehead atoms. The number of ether oxygens (including phenoxy) is 3. The average Bonchev–Trinajstić information content (AvgIpc) is 2.58. The van der Waals surface area contributed by atoms with Gasteiger partial charge in [-0.25, -0.2) is 13.6 Å². The Hall–Kier alpha value is -2.38.